The Morgan fingerprint density at radius 2 is 2.00 bits per heavy atom. The van der Waals surface area contributed by atoms with Crippen LogP contribution < -0.4 is 0 Å². The molecule has 0 bridgehead atoms. The number of benzene rings is 1. The number of hydrogen-bond donors (Lipinski definition) is 0. The SMILES string of the molecule is C=CCCC(=O)CS(=O)(=O)c1cc(C)ccc1C. The van der Waals surface area contributed by atoms with Gasteiger partial charge < -0.3 is 0 Å². The number of carbonyl (C=O) groups is 1. The van der Waals surface area contributed by atoms with Gasteiger partial charge in [-0.1, -0.05) is 18.2 Å². The van der Waals surface area contributed by atoms with Gasteiger partial charge in [-0.05, 0) is 37.5 Å². The number of aryl methyl sites for hydroxylation is 2. The van der Waals surface area contributed by atoms with E-state index in [0.717, 1.165) is 5.56 Å². The summed E-state index contributed by atoms with van der Waals surface area (Å²) in [5.41, 5.74) is 1.55. The Kier molecular flexibility index (Phi) is 4.84. The second-order valence-electron chi connectivity index (χ2n) is 4.39. The molecule has 0 saturated heterocycles. The molecule has 98 valence electrons. The van der Waals surface area contributed by atoms with Gasteiger partial charge in [-0.15, -0.1) is 6.58 Å². The van der Waals surface area contributed by atoms with Crippen LogP contribution in [0.4, 0.5) is 0 Å². The summed E-state index contributed by atoms with van der Waals surface area (Å²) < 4.78 is 24.3. The molecule has 0 radical (unpaired) electrons. The molecule has 0 aliphatic carbocycles. The summed E-state index contributed by atoms with van der Waals surface area (Å²) in [6.07, 6.45) is 2.36. The first kappa shape index (κ1) is 14.6. The molecule has 0 saturated carbocycles. The first-order chi connectivity index (χ1) is 8.36. The fraction of sp³-hybridized carbons (Fsp3) is 0.357. The molecule has 3 nitrogen and oxygen atoms in total. The van der Waals surface area contributed by atoms with Crippen LogP contribution in [0.25, 0.3) is 0 Å². The average molecular weight is 266 g/mol. The molecule has 0 aromatic heterocycles. The van der Waals surface area contributed by atoms with Gasteiger partial charge in [0.05, 0.1) is 4.90 Å². The van der Waals surface area contributed by atoms with Crippen molar-refractivity contribution < 1.29 is 13.2 Å². The Balaban J connectivity index is 2.96. The van der Waals surface area contributed by atoms with Crippen LogP contribution in [0.15, 0.2) is 35.7 Å². The van der Waals surface area contributed by atoms with E-state index in [4.69, 9.17) is 0 Å². The van der Waals surface area contributed by atoms with Gasteiger partial charge in [-0.2, -0.15) is 0 Å². The molecule has 4 heteroatoms. The van der Waals surface area contributed by atoms with Crippen LogP contribution in [0.1, 0.15) is 24.0 Å². The van der Waals surface area contributed by atoms with Crippen molar-refractivity contribution >= 4 is 15.6 Å². The first-order valence-electron chi connectivity index (χ1n) is 5.79. The van der Waals surface area contributed by atoms with E-state index in [2.05, 4.69) is 6.58 Å². The summed E-state index contributed by atoms with van der Waals surface area (Å²) >= 11 is 0. The van der Waals surface area contributed by atoms with E-state index in [9.17, 15) is 13.2 Å². The summed E-state index contributed by atoms with van der Waals surface area (Å²) in [4.78, 5) is 11.8. The Bertz CT molecular complexity index is 556. The Labute approximate surface area is 108 Å². The highest BCUT2D eigenvalue weighted by Crippen LogP contribution is 2.18. The molecular weight excluding hydrogens is 248 g/mol. The van der Waals surface area contributed by atoms with Crippen LogP contribution in [0, 0.1) is 13.8 Å². The first-order valence-corrected chi connectivity index (χ1v) is 7.44. The molecule has 0 aliphatic heterocycles. The zero-order valence-electron chi connectivity index (χ0n) is 10.8. The normalized spacial score (nSPS) is 11.2. The van der Waals surface area contributed by atoms with Crippen LogP contribution in [0.3, 0.4) is 0 Å². The lowest BCUT2D eigenvalue weighted by Gasteiger charge is -2.08. The van der Waals surface area contributed by atoms with Crippen LogP contribution in [-0.2, 0) is 14.6 Å². The van der Waals surface area contributed by atoms with E-state index < -0.39 is 15.6 Å². The predicted molar refractivity (Wildman–Crippen MR) is 72.4 cm³/mol. The maximum Gasteiger partial charge on any atom is 0.185 e. The monoisotopic (exact) mass is 266 g/mol. The lowest BCUT2D eigenvalue weighted by molar-refractivity contribution is -0.116. The fourth-order valence-corrected chi connectivity index (χ4v) is 3.32. The minimum absolute atomic E-state index is 0.230. The van der Waals surface area contributed by atoms with Crippen molar-refractivity contribution in [1.82, 2.24) is 0 Å². The zero-order valence-corrected chi connectivity index (χ0v) is 11.6. The molecule has 0 heterocycles. The Morgan fingerprint density at radius 1 is 1.33 bits per heavy atom. The van der Waals surface area contributed by atoms with Gasteiger partial charge in [0.2, 0.25) is 0 Å². The third kappa shape index (κ3) is 3.81. The van der Waals surface area contributed by atoms with Gasteiger partial charge in [0, 0.05) is 6.42 Å². The van der Waals surface area contributed by atoms with Gasteiger partial charge >= 0.3 is 0 Å². The quantitative estimate of drug-likeness (QED) is 0.744. The highest BCUT2D eigenvalue weighted by atomic mass is 32.2. The van der Waals surface area contributed by atoms with E-state index >= 15 is 0 Å². The molecule has 0 atom stereocenters. The smallest absolute Gasteiger partial charge is 0.185 e. The Hall–Kier alpha value is -1.42. The van der Waals surface area contributed by atoms with Gasteiger partial charge in [0.1, 0.15) is 11.5 Å². The van der Waals surface area contributed by atoms with E-state index in [1.165, 1.54) is 0 Å². The minimum Gasteiger partial charge on any atom is -0.299 e. The molecule has 0 amide bonds. The maximum atomic E-state index is 12.1. The molecule has 0 fully saturated rings. The van der Waals surface area contributed by atoms with Crippen molar-refractivity contribution in [3.63, 3.8) is 0 Å². The Morgan fingerprint density at radius 3 is 2.61 bits per heavy atom. The molecule has 0 unspecified atom stereocenters. The largest absolute Gasteiger partial charge is 0.299 e. The van der Waals surface area contributed by atoms with Crippen LogP contribution in [0.5, 0.6) is 0 Å². The number of sulfone groups is 1. The van der Waals surface area contributed by atoms with Crippen LogP contribution in [-0.4, -0.2) is 20.0 Å². The summed E-state index contributed by atoms with van der Waals surface area (Å²) in [5.74, 6) is -0.693. The van der Waals surface area contributed by atoms with Gasteiger partial charge in [-0.3, -0.25) is 4.79 Å². The molecular formula is C14H18O3S. The van der Waals surface area contributed by atoms with Gasteiger partial charge in [0.15, 0.2) is 9.84 Å². The van der Waals surface area contributed by atoms with Crippen LogP contribution in [0.2, 0.25) is 0 Å². The van der Waals surface area contributed by atoms with Crippen molar-refractivity contribution in [3.8, 4) is 0 Å². The molecule has 1 aromatic carbocycles. The topological polar surface area (TPSA) is 51.2 Å². The standard InChI is InChI=1S/C14H18O3S/c1-4-5-6-13(15)10-18(16,17)14-9-11(2)7-8-12(14)3/h4,7-9H,1,5-6,10H2,2-3H3. The number of carbonyl (C=O) groups excluding carboxylic acids is 1. The minimum atomic E-state index is -3.53. The molecule has 0 spiro atoms. The highest BCUT2D eigenvalue weighted by Gasteiger charge is 2.20. The second-order valence-corrected chi connectivity index (χ2v) is 6.35. The van der Waals surface area contributed by atoms with Crippen molar-refractivity contribution in [3.05, 3.63) is 42.0 Å². The van der Waals surface area contributed by atoms with Crippen molar-refractivity contribution in [2.45, 2.75) is 31.6 Å². The number of hydrogen-bond acceptors (Lipinski definition) is 3. The van der Waals surface area contributed by atoms with Crippen molar-refractivity contribution in [1.29, 1.82) is 0 Å². The van der Waals surface area contributed by atoms with Gasteiger partial charge in [-0.25, -0.2) is 8.42 Å². The van der Waals surface area contributed by atoms with Crippen molar-refractivity contribution in [2.75, 3.05) is 5.75 Å². The van der Waals surface area contributed by atoms with E-state index in [0.29, 0.717) is 12.0 Å². The number of ketones is 1. The third-order valence-corrected chi connectivity index (χ3v) is 4.47. The van der Waals surface area contributed by atoms with E-state index in [-0.39, 0.29) is 17.1 Å². The number of Topliss-reactive ketones (excluding diaryl/α,β-unsaturated/α-hetero) is 1. The zero-order chi connectivity index (χ0) is 13.8. The summed E-state index contributed by atoms with van der Waals surface area (Å²) in [7, 11) is -3.53. The summed E-state index contributed by atoms with van der Waals surface area (Å²) in [6.45, 7) is 7.08. The van der Waals surface area contributed by atoms with Gasteiger partial charge in [0.25, 0.3) is 0 Å². The summed E-state index contributed by atoms with van der Waals surface area (Å²) in [6, 6.07) is 5.23. The predicted octanol–water partition coefficient (Wildman–Crippen LogP) is 2.61. The molecule has 0 N–H and O–H groups in total. The van der Waals surface area contributed by atoms with Crippen molar-refractivity contribution in [2.24, 2.45) is 0 Å². The van der Waals surface area contributed by atoms with E-state index in [1.54, 1.807) is 25.1 Å². The van der Waals surface area contributed by atoms with Crippen LogP contribution >= 0.6 is 0 Å². The lowest BCUT2D eigenvalue weighted by Crippen LogP contribution is -2.17. The fourth-order valence-electron chi connectivity index (χ4n) is 1.67. The molecule has 1 aromatic rings. The maximum absolute atomic E-state index is 12.1. The number of rotatable bonds is 6. The molecule has 18 heavy (non-hydrogen) atoms. The second kappa shape index (κ2) is 5.96. The number of allylic oxidation sites excluding steroid dienone is 1. The third-order valence-electron chi connectivity index (χ3n) is 2.66. The highest BCUT2D eigenvalue weighted by molar-refractivity contribution is 7.92. The lowest BCUT2D eigenvalue weighted by atomic mass is 10.2. The van der Waals surface area contributed by atoms with E-state index in [1.807, 2.05) is 13.0 Å². The average Bonchev–Trinajstić information content (AvgIpc) is 2.29. The summed E-state index contributed by atoms with van der Waals surface area (Å²) in [5, 5.41) is 0. The molecule has 1 rings (SSSR count). The molecule has 0 aliphatic rings.